The molecular weight excluding hydrogens is 258 g/mol. The van der Waals surface area contributed by atoms with Crippen molar-refractivity contribution in [2.75, 3.05) is 44.5 Å². The van der Waals surface area contributed by atoms with Gasteiger partial charge in [0.2, 0.25) is 5.91 Å². The molecule has 20 heavy (non-hydrogen) atoms. The molecule has 1 saturated heterocycles. The number of methoxy groups -OCH3 is 1. The Labute approximate surface area is 118 Å². The third-order valence-electron chi connectivity index (χ3n) is 3.32. The van der Waals surface area contributed by atoms with Crippen LogP contribution in [0.5, 0.6) is 5.75 Å². The first-order chi connectivity index (χ1) is 9.61. The second-order valence-electron chi connectivity index (χ2n) is 4.76. The van der Waals surface area contributed by atoms with Crippen LogP contribution in [0.1, 0.15) is 6.92 Å². The van der Waals surface area contributed by atoms with Crippen molar-refractivity contribution in [1.82, 2.24) is 4.90 Å². The largest absolute Gasteiger partial charge is 0.497 e. The number of hydrogen-bond donors (Lipinski definition) is 2. The van der Waals surface area contributed by atoms with Gasteiger partial charge in [0, 0.05) is 19.2 Å². The molecule has 0 aliphatic carbocycles. The fourth-order valence-corrected chi connectivity index (χ4v) is 2.15. The molecule has 6 heteroatoms. The van der Waals surface area contributed by atoms with E-state index in [0.717, 1.165) is 5.69 Å². The van der Waals surface area contributed by atoms with Gasteiger partial charge in [-0.1, -0.05) is 0 Å². The number of nitrogens with zero attached hydrogens (tertiary/aromatic N) is 1. The van der Waals surface area contributed by atoms with Crippen LogP contribution in [0.3, 0.4) is 0 Å². The van der Waals surface area contributed by atoms with Crippen molar-refractivity contribution >= 4 is 17.3 Å². The fourth-order valence-electron chi connectivity index (χ4n) is 2.15. The van der Waals surface area contributed by atoms with Gasteiger partial charge in [-0.2, -0.15) is 0 Å². The topological polar surface area (TPSA) is 76.8 Å². The molecule has 1 amide bonds. The number of ether oxygens (including phenoxy) is 2. The molecule has 0 saturated carbocycles. The van der Waals surface area contributed by atoms with E-state index in [2.05, 4.69) is 5.32 Å². The van der Waals surface area contributed by atoms with Crippen LogP contribution in [0.2, 0.25) is 0 Å². The normalized spacial score (nSPS) is 16.6. The maximum absolute atomic E-state index is 12.3. The summed E-state index contributed by atoms with van der Waals surface area (Å²) in [7, 11) is 1.59. The van der Waals surface area contributed by atoms with E-state index in [1.807, 2.05) is 19.1 Å². The van der Waals surface area contributed by atoms with Crippen LogP contribution in [-0.2, 0) is 9.53 Å². The first-order valence-corrected chi connectivity index (χ1v) is 6.68. The molecular formula is C14H21N3O3. The molecule has 1 aromatic carbocycles. The van der Waals surface area contributed by atoms with E-state index in [1.165, 1.54) is 0 Å². The van der Waals surface area contributed by atoms with Gasteiger partial charge in [0.15, 0.2) is 0 Å². The third kappa shape index (κ3) is 3.33. The zero-order valence-electron chi connectivity index (χ0n) is 11.9. The summed E-state index contributed by atoms with van der Waals surface area (Å²) < 4.78 is 10.3. The minimum atomic E-state index is -0.330. The van der Waals surface area contributed by atoms with Crippen LogP contribution < -0.4 is 15.8 Å². The molecule has 1 heterocycles. The summed E-state index contributed by atoms with van der Waals surface area (Å²) in [6.07, 6.45) is 0. The number of anilines is 2. The zero-order chi connectivity index (χ0) is 14.5. The highest BCUT2D eigenvalue weighted by molar-refractivity contribution is 5.85. The highest BCUT2D eigenvalue weighted by atomic mass is 16.5. The van der Waals surface area contributed by atoms with E-state index in [9.17, 15) is 4.79 Å². The van der Waals surface area contributed by atoms with E-state index in [-0.39, 0.29) is 11.9 Å². The van der Waals surface area contributed by atoms with Crippen LogP contribution in [-0.4, -0.2) is 50.3 Å². The zero-order valence-corrected chi connectivity index (χ0v) is 11.9. The number of hydrogen-bond acceptors (Lipinski definition) is 5. The summed E-state index contributed by atoms with van der Waals surface area (Å²) in [5.74, 6) is 0.753. The molecule has 1 unspecified atom stereocenters. The Balaban J connectivity index is 1.99. The maximum Gasteiger partial charge on any atom is 0.244 e. The summed E-state index contributed by atoms with van der Waals surface area (Å²) >= 11 is 0. The van der Waals surface area contributed by atoms with Gasteiger partial charge < -0.3 is 25.4 Å². The quantitative estimate of drug-likeness (QED) is 0.802. The number of carbonyl (C=O) groups is 1. The Hall–Kier alpha value is -1.95. The molecule has 0 bridgehead atoms. The lowest BCUT2D eigenvalue weighted by Gasteiger charge is -2.30. The molecule has 0 spiro atoms. The van der Waals surface area contributed by atoms with Crippen LogP contribution >= 0.6 is 0 Å². The number of rotatable bonds is 4. The molecule has 3 N–H and O–H groups in total. The smallest absolute Gasteiger partial charge is 0.244 e. The van der Waals surface area contributed by atoms with Gasteiger partial charge in [-0.25, -0.2) is 0 Å². The predicted octanol–water partition coefficient (Wildman–Crippen LogP) is 0.937. The molecule has 110 valence electrons. The van der Waals surface area contributed by atoms with E-state index >= 15 is 0 Å². The number of carbonyl (C=O) groups excluding carboxylic acids is 1. The summed E-state index contributed by atoms with van der Waals surface area (Å²) in [4.78, 5) is 14.1. The van der Waals surface area contributed by atoms with E-state index in [4.69, 9.17) is 15.2 Å². The van der Waals surface area contributed by atoms with Crippen molar-refractivity contribution in [3.63, 3.8) is 0 Å². The average Bonchev–Trinajstić information content (AvgIpc) is 2.49. The standard InChI is InChI=1S/C14H21N3O3/c1-10(14(18)17-5-7-20-8-6-17)16-13-4-3-11(19-2)9-12(13)15/h3-4,9-10,16H,5-8,15H2,1-2H3. The van der Waals surface area contributed by atoms with Crippen molar-refractivity contribution < 1.29 is 14.3 Å². The molecule has 1 aromatic rings. The fraction of sp³-hybridized carbons (Fsp3) is 0.500. The van der Waals surface area contributed by atoms with Gasteiger partial charge in [0.25, 0.3) is 0 Å². The van der Waals surface area contributed by atoms with Crippen molar-refractivity contribution in [1.29, 1.82) is 0 Å². The molecule has 1 aliphatic heterocycles. The lowest BCUT2D eigenvalue weighted by Crippen LogP contribution is -2.47. The van der Waals surface area contributed by atoms with E-state index in [1.54, 1.807) is 18.1 Å². The van der Waals surface area contributed by atoms with Crippen molar-refractivity contribution in [3.05, 3.63) is 18.2 Å². The van der Waals surface area contributed by atoms with Crippen LogP contribution in [0.25, 0.3) is 0 Å². The monoisotopic (exact) mass is 279 g/mol. The molecule has 2 rings (SSSR count). The number of benzene rings is 1. The molecule has 1 atom stereocenters. The third-order valence-corrected chi connectivity index (χ3v) is 3.32. The predicted molar refractivity (Wildman–Crippen MR) is 77.9 cm³/mol. The van der Waals surface area contributed by atoms with Crippen molar-refractivity contribution in [3.8, 4) is 5.75 Å². The number of morpholine rings is 1. The van der Waals surface area contributed by atoms with Gasteiger partial charge >= 0.3 is 0 Å². The molecule has 1 fully saturated rings. The van der Waals surface area contributed by atoms with Crippen LogP contribution in [0, 0.1) is 0 Å². The van der Waals surface area contributed by atoms with Crippen molar-refractivity contribution in [2.24, 2.45) is 0 Å². The highest BCUT2D eigenvalue weighted by Gasteiger charge is 2.22. The van der Waals surface area contributed by atoms with Crippen LogP contribution in [0.4, 0.5) is 11.4 Å². The number of nitrogen functional groups attached to an aromatic ring is 1. The maximum atomic E-state index is 12.3. The molecule has 0 aromatic heterocycles. The minimum absolute atomic E-state index is 0.0588. The van der Waals surface area contributed by atoms with Gasteiger partial charge in [0.05, 0.1) is 31.7 Å². The lowest BCUT2D eigenvalue weighted by molar-refractivity contribution is -0.135. The van der Waals surface area contributed by atoms with Gasteiger partial charge in [-0.05, 0) is 19.1 Å². The lowest BCUT2D eigenvalue weighted by atomic mass is 10.2. The number of nitrogens with two attached hydrogens (primary N) is 1. The van der Waals surface area contributed by atoms with Gasteiger partial charge in [-0.15, -0.1) is 0 Å². The first kappa shape index (κ1) is 14.5. The Kier molecular flexibility index (Phi) is 4.68. The SMILES string of the molecule is COc1ccc(NC(C)C(=O)N2CCOCC2)c(N)c1. The first-order valence-electron chi connectivity index (χ1n) is 6.68. The van der Waals surface area contributed by atoms with Crippen molar-refractivity contribution in [2.45, 2.75) is 13.0 Å². The summed E-state index contributed by atoms with van der Waals surface area (Å²) in [6.45, 7) is 4.32. The average molecular weight is 279 g/mol. The second-order valence-corrected chi connectivity index (χ2v) is 4.76. The van der Waals surface area contributed by atoms with Crippen LogP contribution in [0.15, 0.2) is 18.2 Å². The molecule has 1 aliphatic rings. The summed E-state index contributed by atoms with van der Waals surface area (Å²) in [5.41, 5.74) is 7.23. The number of nitrogens with one attached hydrogen (secondary N) is 1. The van der Waals surface area contributed by atoms with E-state index in [0.29, 0.717) is 37.7 Å². The van der Waals surface area contributed by atoms with Gasteiger partial charge in [0.1, 0.15) is 11.8 Å². The van der Waals surface area contributed by atoms with E-state index < -0.39 is 0 Å². The summed E-state index contributed by atoms with van der Waals surface area (Å²) in [5, 5.41) is 3.15. The molecule has 0 radical (unpaired) electrons. The summed E-state index contributed by atoms with van der Waals surface area (Å²) in [6, 6.07) is 5.03. The Bertz CT molecular complexity index is 473. The second kappa shape index (κ2) is 6.47. The minimum Gasteiger partial charge on any atom is -0.497 e. The Morgan fingerprint density at radius 1 is 1.45 bits per heavy atom. The molecule has 6 nitrogen and oxygen atoms in total. The van der Waals surface area contributed by atoms with Gasteiger partial charge in [-0.3, -0.25) is 4.79 Å². The Morgan fingerprint density at radius 2 is 2.15 bits per heavy atom. The Morgan fingerprint density at radius 3 is 2.75 bits per heavy atom. The highest BCUT2D eigenvalue weighted by Crippen LogP contribution is 2.24. The number of amides is 1.